The van der Waals surface area contributed by atoms with Crippen molar-refractivity contribution in [2.24, 2.45) is 0 Å². The molecule has 2 aromatic rings. The summed E-state index contributed by atoms with van der Waals surface area (Å²) in [6.07, 6.45) is 0. The van der Waals surface area contributed by atoms with Crippen LogP contribution >= 0.6 is 0 Å². The quantitative estimate of drug-likeness (QED) is 0.859. The summed E-state index contributed by atoms with van der Waals surface area (Å²) in [4.78, 5) is 17.8. The summed E-state index contributed by atoms with van der Waals surface area (Å²) in [6, 6.07) is 10.6. The van der Waals surface area contributed by atoms with Gasteiger partial charge in [0.2, 0.25) is 0 Å². The first-order valence-corrected chi connectivity index (χ1v) is 10.00. The predicted octanol–water partition coefficient (Wildman–Crippen LogP) is 3.00. The molecule has 1 fully saturated rings. The molecule has 6 nitrogen and oxygen atoms in total. The van der Waals surface area contributed by atoms with Gasteiger partial charge in [-0.2, -0.15) is 0 Å². The number of rotatable bonds is 5. The highest BCUT2D eigenvalue weighted by molar-refractivity contribution is 5.96. The van der Waals surface area contributed by atoms with Crippen LogP contribution in [-0.4, -0.2) is 60.6 Å². The molecular weight excluding hydrogens is 352 g/mol. The molecule has 1 aliphatic heterocycles. The van der Waals surface area contributed by atoms with E-state index in [2.05, 4.69) is 51.6 Å². The van der Waals surface area contributed by atoms with Gasteiger partial charge >= 0.3 is 0 Å². The van der Waals surface area contributed by atoms with Gasteiger partial charge in [0.1, 0.15) is 17.0 Å². The maximum atomic E-state index is 13.0. The molecule has 1 aromatic carbocycles. The standard InChI is InChI=1S/C22H32N4O2/c1-16-19(20(24-28-16)22(2,3)4)21(27)23-15-18(17-9-7-6-8-10-17)26-13-11-25(5)12-14-26/h6-10,18H,11-15H2,1-5H3,(H,23,27). The molecule has 0 spiro atoms. The summed E-state index contributed by atoms with van der Waals surface area (Å²) < 4.78 is 5.34. The topological polar surface area (TPSA) is 61.6 Å². The van der Waals surface area contributed by atoms with E-state index in [0.29, 0.717) is 23.6 Å². The minimum Gasteiger partial charge on any atom is -0.361 e. The van der Waals surface area contributed by atoms with Crippen LogP contribution in [0.3, 0.4) is 0 Å². The van der Waals surface area contributed by atoms with Crippen LogP contribution < -0.4 is 5.32 Å². The van der Waals surface area contributed by atoms with E-state index >= 15 is 0 Å². The Morgan fingerprint density at radius 3 is 2.43 bits per heavy atom. The van der Waals surface area contributed by atoms with Gasteiger partial charge in [-0.15, -0.1) is 0 Å². The number of benzene rings is 1. The molecule has 1 N–H and O–H groups in total. The van der Waals surface area contributed by atoms with Crippen molar-refractivity contribution >= 4 is 5.91 Å². The highest BCUT2D eigenvalue weighted by Crippen LogP contribution is 2.27. The Hall–Kier alpha value is -2.18. The summed E-state index contributed by atoms with van der Waals surface area (Å²) in [6.45, 7) is 12.5. The summed E-state index contributed by atoms with van der Waals surface area (Å²) >= 11 is 0. The molecule has 6 heteroatoms. The first kappa shape index (κ1) is 20.6. The number of piperazine rings is 1. The van der Waals surface area contributed by atoms with Gasteiger partial charge in [0.25, 0.3) is 5.91 Å². The average Bonchev–Trinajstić information content (AvgIpc) is 3.06. The van der Waals surface area contributed by atoms with Gasteiger partial charge < -0.3 is 14.7 Å². The molecule has 1 amide bonds. The second-order valence-electron chi connectivity index (χ2n) is 8.69. The highest BCUT2D eigenvalue weighted by Gasteiger charge is 2.30. The van der Waals surface area contributed by atoms with Gasteiger partial charge in [0.15, 0.2) is 0 Å². The number of hydrogen-bond acceptors (Lipinski definition) is 5. The third-order valence-corrected chi connectivity index (χ3v) is 5.42. The van der Waals surface area contributed by atoms with Gasteiger partial charge in [-0.05, 0) is 19.5 Å². The van der Waals surface area contributed by atoms with E-state index in [9.17, 15) is 4.79 Å². The maximum absolute atomic E-state index is 13.0. The first-order chi connectivity index (χ1) is 13.3. The molecule has 1 aromatic heterocycles. The van der Waals surface area contributed by atoms with Crippen LogP contribution in [0.5, 0.6) is 0 Å². The van der Waals surface area contributed by atoms with E-state index in [-0.39, 0.29) is 17.4 Å². The fourth-order valence-electron chi connectivity index (χ4n) is 3.70. The van der Waals surface area contributed by atoms with Gasteiger partial charge in [-0.25, -0.2) is 0 Å². The number of aryl methyl sites for hydroxylation is 1. The lowest BCUT2D eigenvalue weighted by molar-refractivity contribution is 0.0883. The number of aromatic nitrogens is 1. The van der Waals surface area contributed by atoms with Crippen molar-refractivity contribution in [3.05, 3.63) is 52.9 Å². The normalized spacial score (nSPS) is 17.5. The lowest BCUT2D eigenvalue weighted by atomic mass is 9.88. The monoisotopic (exact) mass is 384 g/mol. The number of hydrogen-bond donors (Lipinski definition) is 1. The Kier molecular flexibility index (Phi) is 6.20. The zero-order valence-corrected chi connectivity index (χ0v) is 17.7. The van der Waals surface area contributed by atoms with E-state index in [4.69, 9.17) is 4.52 Å². The average molecular weight is 385 g/mol. The zero-order valence-electron chi connectivity index (χ0n) is 17.7. The molecule has 152 valence electrons. The second kappa shape index (κ2) is 8.45. The Bertz CT molecular complexity index is 787. The Morgan fingerprint density at radius 2 is 1.82 bits per heavy atom. The predicted molar refractivity (Wildman–Crippen MR) is 111 cm³/mol. The number of likely N-dealkylation sites (N-methyl/N-ethyl adjacent to an activating group) is 1. The number of nitrogens with zero attached hydrogens (tertiary/aromatic N) is 3. The van der Waals surface area contributed by atoms with Crippen molar-refractivity contribution in [3.8, 4) is 0 Å². The van der Waals surface area contributed by atoms with Crippen molar-refractivity contribution in [2.75, 3.05) is 39.8 Å². The zero-order chi connectivity index (χ0) is 20.3. The Labute approximate surface area is 167 Å². The van der Waals surface area contributed by atoms with Gasteiger partial charge in [-0.1, -0.05) is 56.3 Å². The molecule has 0 radical (unpaired) electrons. The molecule has 1 aliphatic rings. The van der Waals surface area contributed by atoms with Crippen LogP contribution in [0.2, 0.25) is 0 Å². The largest absolute Gasteiger partial charge is 0.361 e. The fourth-order valence-corrected chi connectivity index (χ4v) is 3.70. The van der Waals surface area contributed by atoms with Crippen molar-refractivity contribution < 1.29 is 9.32 Å². The van der Waals surface area contributed by atoms with Crippen LogP contribution in [0, 0.1) is 6.92 Å². The molecule has 3 rings (SSSR count). The van der Waals surface area contributed by atoms with E-state index < -0.39 is 0 Å². The molecule has 2 heterocycles. The molecule has 28 heavy (non-hydrogen) atoms. The van der Waals surface area contributed by atoms with E-state index in [1.54, 1.807) is 6.92 Å². The third-order valence-electron chi connectivity index (χ3n) is 5.42. The number of carbonyl (C=O) groups excluding carboxylic acids is 1. The van der Waals surface area contributed by atoms with Crippen LogP contribution in [-0.2, 0) is 5.41 Å². The summed E-state index contributed by atoms with van der Waals surface area (Å²) in [5.74, 6) is 0.456. The summed E-state index contributed by atoms with van der Waals surface area (Å²) in [5, 5.41) is 7.29. The number of nitrogens with one attached hydrogen (secondary N) is 1. The van der Waals surface area contributed by atoms with Crippen LogP contribution in [0.4, 0.5) is 0 Å². The lowest BCUT2D eigenvalue weighted by Crippen LogP contribution is -2.48. The SMILES string of the molecule is Cc1onc(C(C)(C)C)c1C(=O)NCC(c1ccccc1)N1CCN(C)CC1. The molecule has 1 atom stereocenters. The number of carbonyl (C=O) groups is 1. The lowest BCUT2D eigenvalue weighted by Gasteiger charge is -2.38. The van der Waals surface area contributed by atoms with Crippen molar-refractivity contribution in [1.82, 2.24) is 20.3 Å². The third kappa shape index (κ3) is 4.62. The molecular formula is C22H32N4O2. The molecule has 0 aliphatic carbocycles. The van der Waals surface area contributed by atoms with Crippen molar-refractivity contribution in [2.45, 2.75) is 39.2 Å². The first-order valence-electron chi connectivity index (χ1n) is 10.00. The highest BCUT2D eigenvalue weighted by atomic mass is 16.5. The molecule has 1 saturated heterocycles. The van der Waals surface area contributed by atoms with Gasteiger partial charge in [0, 0.05) is 38.1 Å². The Morgan fingerprint density at radius 1 is 1.18 bits per heavy atom. The molecule has 0 bridgehead atoms. The molecule has 0 saturated carbocycles. The minimum atomic E-state index is -0.249. The summed E-state index contributed by atoms with van der Waals surface area (Å²) in [7, 11) is 2.15. The van der Waals surface area contributed by atoms with Gasteiger partial charge in [0.05, 0.1) is 6.04 Å². The van der Waals surface area contributed by atoms with E-state index in [1.165, 1.54) is 5.56 Å². The van der Waals surface area contributed by atoms with Crippen LogP contribution in [0.25, 0.3) is 0 Å². The van der Waals surface area contributed by atoms with E-state index in [0.717, 1.165) is 26.2 Å². The summed E-state index contributed by atoms with van der Waals surface area (Å²) in [5.41, 5.74) is 2.25. The van der Waals surface area contributed by atoms with Crippen LogP contribution in [0.15, 0.2) is 34.9 Å². The van der Waals surface area contributed by atoms with Crippen molar-refractivity contribution in [3.63, 3.8) is 0 Å². The second-order valence-corrected chi connectivity index (χ2v) is 8.69. The smallest absolute Gasteiger partial charge is 0.256 e. The van der Waals surface area contributed by atoms with Crippen molar-refractivity contribution in [1.29, 1.82) is 0 Å². The van der Waals surface area contributed by atoms with Gasteiger partial charge in [-0.3, -0.25) is 9.69 Å². The Balaban J connectivity index is 1.77. The minimum absolute atomic E-state index is 0.112. The van der Waals surface area contributed by atoms with E-state index in [1.807, 2.05) is 26.8 Å². The fraction of sp³-hybridized carbons (Fsp3) is 0.545. The maximum Gasteiger partial charge on any atom is 0.256 e. The number of amides is 1. The molecule has 1 unspecified atom stereocenters. The van der Waals surface area contributed by atoms with Crippen LogP contribution in [0.1, 0.15) is 54.2 Å².